The van der Waals surface area contributed by atoms with Crippen molar-refractivity contribution in [2.75, 3.05) is 7.11 Å². The molecule has 1 aliphatic rings. The van der Waals surface area contributed by atoms with Gasteiger partial charge < -0.3 is 4.74 Å². The number of fused-ring (bicyclic) bond motifs is 1. The highest BCUT2D eigenvalue weighted by molar-refractivity contribution is 7.13. The van der Waals surface area contributed by atoms with Crippen molar-refractivity contribution in [2.24, 2.45) is 5.41 Å². The van der Waals surface area contributed by atoms with Gasteiger partial charge in [-0.3, -0.25) is 4.79 Å². The molecule has 0 aliphatic heterocycles. The van der Waals surface area contributed by atoms with Crippen molar-refractivity contribution in [3.8, 4) is 0 Å². The van der Waals surface area contributed by atoms with Crippen LogP contribution in [0.25, 0.3) is 0 Å². The number of Topliss-reactive ketones (excluding diaryl/α,β-unsaturated/α-hetero) is 1. The number of ketones is 1. The minimum atomic E-state index is 0.0578. The van der Waals surface area contributed by atoms with E-state index in [0.29, 0.717) is 6.42 Å². The van der Waals surface area contributed by atoms with E-state index < -0.39 is 0 Å². The Morgan fingerprint density at radius 2 is 2.18 bits per heavy atom. The van der Waals surface area contributed by atoms with Crippen LogP contribution in [0.3, 0.4) is 0 Å². The number of rotatable bonds is 3. The van der Waals surface area contributed by atoms with E-state index in [1.54, 1.807) is 18.4 Å². The fourth-order valence-electron chi connectivity index (χ4n) is 2.19. The third-order valence-corrected chi connectivity index (χ3v) is 4.31. The van der Waals surface area contributed by atoms with Gasteiger partial charge in [0.05, 0.1) is 21.7 Å². The summed E-state index contributed by atoms with van der Waals surface area (Å²) in [4.78, 5) is 17.5. The second-order valence-corrected chi connectivity index (χ2v) is 6.66. The van der Waals surface area contributed by atoms with Crippen LogP contribution in [-0.2, 0) is 17.6 Å². The van der Waals surface area contributed by atoms with E-state index in [4.69, 9.17) is 4.74 Å². The molecule has 1 unspecified atom stereocenters. The van der Waals surface area contributed by atoms with Gasteiger partial charge in [-0.1, -0.05) is 13.8 Å². The van der Waals surface area contributed by atoms with Gasteiger partial charge in [-0.25, -0.2) is 4.98 Å². The van der Waals surface area contributed by atoms with Gasteiger partial charge in [0.15, 0.2) is 5.78 Å². The van der Waals surface area contributed by atoms with Crippen LogP contribution >= 0.6 is 11.3 Å². The summed E-state index contributed by atoms with van der Waals surface area (Å²) in [5.41, 5.74) is 1.05. The molecule has 17 heavy (non-hydrogen) atoms. The highest BCUT2D eigenvalue weighted by atomic mass is 32.1. The summed E-state index contributed by atoms with van der Waals surface area (Å²) in [6.45, 7) is 6.28. The van der Waals surface area contributed by atoms with E-state index in [2.05, 4.69) is 18.8 Å². The minimum Gasteiger partial charge on any atom is -0.381 e. The van der Waals surface area contributed by atoms with E-state index in [1.165, 1.54) is 0 Å². The lowest BCUT2D eigenvalue weighted by Crippen LogP contribution is -2.26. The number of ether oxygens (including phenoxy) is 1. The van der Waals surface area contributed by atoms with Crippen molar-refractivity contribution in [2.45, 2.75) is 46.1 Å². The fraction of sp³-hybridized carbons (Fsp3) is 0.692. The Kier molecular flexibility index (Phi) is 3.36. The molecule has 4 heteroatoms. The first-order chi connectivity index (χ1) is 7.91. The summed E-state index contributed by atoms with van der Waals surface area (Å²) in [5.74, 6) is 0.255. The zero-order chi connectivity index (χ0) is 12.6. The Bertz CT molecular complexity index is 437. The standard InChI is InChI=1S/C13H19NO2S/c1-8(16-4)5-11-14-9-6-13(2,3)7-10(15)12(9)17-11/h8H,5-7H2,1-4H3. The first-order valence-electron chi connectivity index (χ1n) is 5.96. The second kappa shape index (κ2) is 4.50. The normalized spacial score (nSPS) is 20.1. The Balaban J connectivity index is 2.24. The van der Waals surface area contributed by atoms with Crippen LogP contribution in [0.2, 0.25) is 0 Å². The molecule has 0 spiro atoms. The Labute approximate surface area is 106 Å². The Morgan fingerprint density at radius 1 is 1.47 bits per heavy atom. The van der Waals surface area contributed by atoms with Gasteiger partial charge in [-0.15, -0.1) is 11.3 Å². The smallest absolute Gasteiger partial charge is 0.175 e. The Hall–Kier alpha value is -0.740. The molecular formula is C13H19NO2S. The number of carbonyl (C=O) groups excluding carboxylic acids is 1. The summed E-state index contributed by atoms with van der Waals surface area (Å²) < 4.78 is 5.24. The number of carbonyl (C=O) groups is 1. The molecule has 0 bridgehead atoms. The molecule has 0 saturated heterocycles. The quantitative estimate of drug-likeness (QED) is 0.831. The van der Waals surface area contributed by atoms with Gasteiger partial charge >= 0.3 is 0 Å². The van der Waals surface area contributed by atoms with Gasteiger partial charge in [0.1, 0.15) is 0 Å². The third kappa shape index (κ3) is 2.75. The number of aromatic nitrogens is 1. The van der Waals surface area contributed by atoms with Crippen molar-refractivity contribution in [3.05, 3.63) is 15.6 Å². The van der Waals surface area contributed by atoms with Crippen molar-refractivity contribution >= 4 is 17.1 Å². The molecule has 1 aromatic rings. The molecule has 1 atom stereocenters. The molecule has 3 nitrogen and oxygen atoms in total. The fourth-order valence-corrected chi connectivity index (χ4v) is 3.32. The molecule has 0 radical (unpaired) electrons. The highest BCUT2D eigenvalue weighted by Gasteiger charge is 2.33. The van der Waals surface area contributed by atoms with Crippen LogP contribution in [0.5, 0.6) is 0 Å². The predicted molar refractivity (Wildman–Crippen MR) is 68.7 cm³/mol. The minimum absolute atomic E-state index is 0.0578. The summed E-state index contributed by atoms with van der Waals surface area (Å²) in [5, 5.41) is 1.02. The maximum Gasteiger partial charge on any atom is 0.175 e. The van der Waals surface area contributed by atoms with Crippen molar-refractivity contribution < 1.29 is 9.53 Å². The average molecular weight is 253 g/mol. The first kappa shape index (κ1) is 12.7. The first-order valence-corrected chi connectivity index (χ1v) is 6.77. The Morgan fingerprint density at radius 3 is 2.82 bits per heavy atom. The number of hydrogen-bond donors (Lipinski definition) is 0. The number of hydrogen-bond acceptors (Lipinski definition) is 4. The lowest BCUT2D eigenvalue weighted by Gasteiger charge is -2.26. The van der Waals surface area contributed by atoms with Crippen LogP contribution in [0.4, 0.5) is 0 Å². The lowest BCUT2D eigenvalue weighted by molar-refractivity contribution is 0.0916. The third-order valence-electron chi connectivity index (χ3n) is 3.14. The maximum atomic E-state index is 12.0. The van der Waals surface area contributed by atoms with E-state index in [0.717, 1.165) is 28.4 Å². The zero-order valence-corrected chi connectivity index (χ0v) is 11.7. The summed E-state index contributed by atoms with van der Waals surface area (Å²) >= 11 is 1.55. The van der Waals surface area contributed by atoms with Crippen LogP contribution in [-0.4, -0.2) is 24.0 Å². The largest absolute Gasteiger partial charge is 0.381 e. The monoisotopic (exact) mass is 253 g/mol. The van der Waals surface area contributed by atoms with E-state index in [1.807, 2.05) is 6.92 Å². The zero-order valence-electron chi connectivity index (χ0n) is 10.9. The number of methoxy groups -OCH3 is 1. The molecule has 0 aromatic carbocycles. The SMILES string of the molecule is COC(C)Cc1nc2c(s1)C(=O)CC(C)(C)C2. The molecule has 2 rings (SSSR count). The van der Waals surface area contributed by atoms with E-state index in [-0.39, 0.29) is 17.3 Å². The molecule has 0 fully saturated rings. The van der Waals surface area contributed by atoms with Crippen LogP contribution < -0.4 is 0 Å². The van der Waals surface area contributed by atoms with Gasteiger partial charge in [0.25, 0.3) is 0 Å². The van der Waals surface area contributed by atoms with E-state index >= 15 is 0 Å². The molecular weight excluding hydrogens is 234 g/mol. The van der Waals surface area contributed by atoms with E-state index in [9.17, 15) is 4.79 Å². The van der Waals surface area contributed by atoms with Crippen LogP contribution in [0, 0.1) is 5.41 Å². The predicted octanol–water partition coefficient (Wildman–Crippen LogP) is 2.88. The molecule has 0 saturated carbocycles. The molecule has 0 amide bonds. The van der Waals surface area contributed by atoms with Crippen molar-refractivity contribution in [1.82, 2.24) is 4.98 Å². The van der Waals surface area contributed by atoms with Gasteiger partial charge in [-0.2, -0.15) is 0 Å². The van der Waals surface area contributed by atoms with Crippen molar-refractivity contribution in [1.29, 1.82) is 0 Å². The number of nitrogens with zero attached hydrogens (tertiary/aromatic N) is 1. The number of thiazole rings is 1. The molecule has 0 N–H and O–H groups in total. The molecule has 1 aromatic heterocycles. The van der Waals surface area contributed by atoms with Gasteiger partial charge in [0.2, 0.25) is 0 Å². The summed E-state index contributed by atoms with van der Waals surface area (Å²) in [6.07, 6.45) is 2.50. The summed E-state index contributed by atoms with van der Waals surface area (Å²) in [7, 11) is 1.70. The maximum absolute atomic E-state index is 12.0. The van der Waals surface area contributed by atoms with Crippen molar-refractivity contribution in [3.63, 3.8) is 0 Å². The second-order valence-electron chi connectivity index (χ2n) is 5.57. The summed E-state index contributed by atoms with van der Waals surface area (Å²) in [6, 6.07) is 0. The van der Waals surface area contributed by atoms with Crippen LogP contribution in [0.1, 0.15) is 47.6 Å². The molecule has 94 valence electrons. The topological polar surface area (TPSA) is 39.2 Å². The highest BCUT2D eigenvalue weighted by Crippen LogP contribution is 2.37. The average Bonchev–Trinajstić information content (AvgIpc) is 2.58. The molecule has 1 heterocycles. The van der Waals surface area contributed by atoms with Gasteiger partial charge in [0, 0.05) is 20.0 Å². The van der Waals surface area contributed by atoms with Crippen LogP contribution in [0.15, 0.2) is 0 Å². The van der Waals surface area contributed by atoms with Gasteiger partial charge in [-0.05, 0) is 18.8 Å². The molecule has 1 aliphatic carbocycles. The lowest BCUT2D eigenvalue weighted by atomic mass is 9.78.